The molecule has 0 saturated carbocycles. The highest BCUT2D eigenvalue weighted by Crippen LogP contribution is 2.25. The quantitative estimate of drug-likeness (QED) is 0.268. The van der Waals surface area contributed by atoms with Gasteiger partial charge in [-0.05, 0) is 42.2 Å². The van der Waals surface area contributed by atoms with Crippen molar-refractivity contribution in [3.8, 4) is 11.5 Å². The topological polar surface area (TPSA) is 87.8 Å². The highest BCUT2D eigenvalue weighted by atomic mass is 32.2. The molecule has 1 aromatic heterocycles. The molecule has 32 heavy (non-hydrogen) atoms. The van der Waals surface area contributed by atoms with Gasteiger partial charge in [-0.1, -0.05) is 23.9 Å². The number of para-hydroxylation sites is 1. The SMILES string of the molecule is COC(=O)c1ccccc1OCc1cc(/C=N\n2c(SC)nnc2C(F)F)ccc1OC. The first kappa shape index (κ1) is 23.2. The summed E-state index contributed by atoms with van der Waals surface area (Å²) in [6, 6.07) is 11.9. The van der Waals surface area contributed by atoms with Gasteiger partial charge < -0.3 is 14.2 Å². The second kappa shape index (κ2) is 10.7. The predicted molar refractivity (Wildman–Crippen MR) is 115 cm³/mol. The molecule has 3 rings (SSSR count). The number of rotatable bonds is 9. The molecule has 11 heteroatoms. The molecular weight excluding hydrogens is 442 g/mol. The van der Waals surface area contributed by atoms with Gasteiger partial charge in [0.1, 0.15) is 23.7 Å². The molecule has 0 unspecified atom stereocenters. The fourth-order valence-electron chi connectivity index (χ4n) is 2.79. The fourth-order valence-corrected chi connectivity index (χ4v) is 3.23. The number of aromatic nitrogens is 3. The van der Waals surface area contributed by atoms with Crippen molar-refractivity contribution >= 4 is 23.9 Å². The van der Waals surface area contributed by atoms with Gasteiger partial charge in [-0.25, -0.2) is 13.6 Å². The molecule has 1 heterocycles. The van der Waals surface area contributed by atoms with Gasteiger partial charge in [0.2, 0.25) is 11.0 Å². The van der Waals surface area contributed by atoms with E-state index in [4.69, 9.17) is 14.2 Å². The molecule has 0 atom stereocenters. The van der Waals surface area contributed by atoms with Crippen molar-refractivity contribution in [3.05, 3.63) is 65.0 Å². The fraction of sp³-hybridized carbons (Fsp3) is 0.238. The van der Waals surface area contributed by atoms with E-state index in [-0.39, 0.29) is 11.8 Å². The molecule has 8 nitrogen and oxygen atoms in total. The lowest BCUT2D eigenvalue weighted by molar-refractivity contribution is 0.0595. The van der Waals surface area contributed by atoms with Crippen LogP contribution in [0.15, 0.2) is 52.7 Å². The number of ether oxygens (including phenoxy) is 3. The first-order valence-corrected chi connectivity index (χ1v) is 10.5. The summed E-state index contributed by atoms with van der Waals surface area (Å²) in [5.74, 6) is -0.139. The van der Waals surface area contributed by atoms with Gasteiger partial charge in [0.05, 0.1) is 20.4 Å². The molecule has 0 amide bonds. The van der Waals surface area contributed by atoms with Crippen LogP contribution in [0.25, 0.3) is 0 Å². The van der Waals surface area contributed by atoms with E-state index < -0.39 is 18.2 Å². The maximum Gasteiger partial charge on any atom is 0.341 e. The van der Waals surface area contributed by atoms with Crippen LogP contribution in [0, 0.1) is 0 Å². The van der Waals surface area contributed by atoms with Crippen molar-refractivity contribution in [2.75, 3.05) is 20.5 Å². The zero-order chi connectivity index (χ0) is 23.1. The maximum absolute atomic E-state index is 13.2. The van der Waals surface area contributed by atoms with Gasteiger partial charge >= 0.3 is 5.97 Å². The summed E-state index contributed by atoms with van der Waals surface area (Å²) in [4.78, 5) is 11.9. The Balaban J connectivity index is 1.85. The van der Waals surface area contributed by atoms with Gasteiger partial charge in [-0.2, -0.15) is 9.78 Å². The van der Waals surface area contributed by atoms with Gasteiger partial charge in [0.15, 0.2) is 0 Å². The summed E-state index contributed by atoms with van der Waals surface area (Å²) in [7, 11) is 2.81. The average Bonchev–Trinajstić information content (AvgIpc) is 3.24. The molecule has 0 spiro atoms. The number of carbonyl (C=O) groups is 1. The van der Waals surface area contributed by atoms with Crippen molar-refractivity contribution in [3.63, 3.8) is 0 Å². The molecule has 0 bridgehead atoms. The van der Waals surface area contributed by atoms with Gasteiger partial charge in [-0.15, -0.1) is 10.2 Å². The largest absolute Gasteiger partial charge is 0.496 e. The van der Waals surface area contributed by atoms with E-state index in [0.29, 0.717) is 28.2 Å². The number of thioether (sulfide) groups is 1. The van der Waals surface area contributed by atoms with Crippen LogP contribution in [-0.2, 0) is 11.3 Å². The minimum Gasteiger partial charge on any atom is -0.496 e. The van der Waals surface area contributed by atoms with Crippen molar-refractivity contribution in [2.24, 2.45) is 5.10 Å². The van der Waals surface area contributed by atoms with Crippen LogP contribution in [0.1, 0.15) is 33.7 Å². The molecule has 0 aliphatic heterocycles. The standard InChI is InChI=1S/C21H20F2N4O4S/c1-29-16-9-8-13(11-24-27-19(18(22)23)25-26-21(27)32-3)10-14(16)12-31-17-7-5-4-6-15(17)20(28)30-2/h4-11,18H,12H2,1-3H3/b24-11-. The Morgan fingerprint density at radius 1 is 1.19 bits per heavy atom. The van der Waals surface area contributed by atoms with Gasteiger partial charge in [0, 0.05) is 5.56 Å². The van der Waals surface area contributed by atoms with E-state index in [1.165, 1.54) is 20.4 Å². The summed E-state index contributed by atoms with van der Waals surface area (Å²) in [6.45, 7) is 0.0871. The number of hydrogen-bond donors (Lipinski definition) is 0. The second-order valence-electron chi connectivity index (χ2n) is 6.25. The van der Waals surface area contributed by atoms with Gasteiger partial charge in [-0.3, -0.25) is 0 Å². The molecule has 2 aromatic carbocycles. The molecule has 0 fully saturated rings. The molecule has 3 aromatic rings. The highest BCUT2D eigenvalue weighted by molar-refractivity contribution is 7.98. The summed E-state index contributed by atoms with van der Waals surface area (Å²) < 4.78 is 43.3. The van der Waals surface area contributed by atoms with E-state index >= 15 is 0 Å². The number of halogens is 2. The van der Waals surface area contributed by atoms with E-state index in [9.17, 15) is 13.6 Å². The molecule has 0 radical (unpaired) electrons. The number of methoxy groups -OCH3 is 2. The first-order chi connectivity index (χ1) is 15.5. The number of carbonyl (C=O) groups excluding carboxylic acids is 1. The maximum atomic E-state index is 13.2. The van der Waals surface area contributed by atoms with Crippen molar-refractivity contribution in [1.82, 2.24) is 14.9 Å². The van der Waals surface area contributed by atoms with Crippen molar-refractivity contribution in [2.45, 2.75) is 18.2 Å². The third-order valence-electron chi connectivity index (χ3n) is 4.32. The zero-order valence-electron chi connectivity index (χ0n) is 17.5. The third kappa shape index (κ3) is 5.22. The number of esters is 1. The second-order valence-corrected chi connectivity index (χ2v) is 7.02. The van der Waals surface area contributed by atoms with Crippen molar-refractivity contribution in [1.29, 1.82) is 0 Å². The number of alkyl halides is 2. The summed E-state index contributed by atoms with van der Waals surface area (Å²) in [6.07, 6.45) is 0.302. The Morgan fingerprint density at radius 2 is 1.97 bits per heavy atom. The normalized spacial score (nSPS) is 11.2. The summed E-state index contributed by atoms with van der Waals surface area (Å²) in [5, 5.41) is 11.6. The lowest BCUT2D eigenvalue weighted by Crippen LogP contribution is -2.06. The zero-order valence-corrected chi connectivity index (χ0v) is 18.3. The highest BCUT2D eigenvalue weighted by Gasteiger charge is 2.19. The summed E-state index contributed by atoms with van der Waals surface area (Å²) >= 11 is 1.15. The third-order valence-corrected chi connectivity index (χ3v) is 4.94. The van der Waals surface area contributed by atoms with Crippen LogP contribution >= 0.6 is 11.8 Å². The predicted octanol–water partition coefficient (Wildman–Crippen LogP) is 4.19. The van der Waals surface area contributed by atoms with Crippen LogP contribution in [0.3, 0.4) is 0 Å². The Bertz CT molecular complexity index is 1120. The molecule has 0 saturated heterocycles. The van der Waals surface area contributed by atoms with E-state index in [0.717, 1.165) is 16.4 Å². The Hall–Kier alpha value is -3.47. The minimum absolute atomic E-state index is 0.0871. The Morgan fingerprint density at radius 3 is 2.66 bits per heavy atom. The van der Waals surface area contributed by atoms with E-state index in [1.807, 2.05) is 0 Å². The molecular formula is C21H20F2N4O4S. The lowest BCUT2D eigenvalue weighted by atomic mass is 10.1. The van der Waals surface area contributed by atoms with E-state index in [1.54, 1.807) is 48.7 Å². The monoisotopic (exact) mass is 462 g/mol. The molecule has 0 aliphatic carbocycles. The van der Waals surface area contributed by atoms with E-state index in [2.05, 4.69) is 15.3 Å². The molecule has 168 valence electrons. The Labute approximate surface area is 187 Å². The van der Waals surface area contributed by atoms with Crippen LogP contribution < -0.4 is 9.47 Å². The van der Waals surface area contributed by atoms with Crippen LogP contribution in [0.4, 0.5) is 8.78 Å². The number of nitrogens with zero attached hydrogens (tertiary/aromatic N) is 4. The smallest absolute Gasteiger partial charge is 0.341 e. The van der Waals surface area contributed by atoms with Crippen LogP contribution in [0.5, 0.6) is 11.5 Å². The Kier molecular flexibility index (Phi) is 7.77. The molecule has 0 N–H and O–H groups in total. The number of hydrogen-bond acceptors (Lipinski definition) is 8. The minimum atomic E-state index is -2.81. The van der Waals surface area contributed by atoms with Gasteiger partial charge in [0.25, 0.3) is 6.43 Å². The van der Waals surface area contributed by atoms with Crippen LogP contribution in [0.2, 0.25) is 0 Å². The summed E-state index contributed by atoms with van der Waals surface area (Å²) in [5.41, 5.74) is 1.58. The number of benzene rings is 2. The first-order valence-electron chi connectivity index (χ1n) is 9.27. The van der Waals surface area contributed by atoms with Crippen molar-refractivity contribution < 1.29 is 27.8 Å². The average molecular weight is 462 g/mol. The molecule has 0 aliphatic rings. The van der Waals surface area contributed by atoms with Crippen LogP contribution in [-0.4, -0.2) is 47.5 Å². The lowest BCUT2D eigenvalue weighted by Gasteiger charge is -2.13.